The molecular formula is C12H20N2O4. The fraction of sp³-hybridized carbons (Fsp3) is 0.833. The van der Waals surface area contributed by atoms with E-state index < -0.39 is 12.1 Å². The molecule has 0 aromatic heterocycles. The van der Waals surface area contributed by atoms with Gasteiger partial charge in [0.25, 0.3) is 0 Å². The number of morpholine rings is 1. The van der Waals surface area contributed by atoms with Crippen LogP contribution in [0, 0.1) is 5.92 Å². The second-order valence-electron chi connectivity index (χ2n) is 5.07. The molecule has 0 spiro atoms. The lowest BCUT2D eigenvalue weighted by Gasteiger charge is -2.35. The average Bonchev–Trinajstić information content (AvgIpc) is 2.26. The largest absolute Gasteiger partial charge is 0.479 e. The molecule has 2 unspecified atom stereocenters. The summed E-state index contributed by atoms with van der Waals surface area (Å²) in [6.07, 6.45) is 2.68. The maximum absolute atomic E-state index is 12.0. The molecule has 6 nitrogen and oxygen atoms in total. The minimum absolute atomic E-state index is 0.124. The monoisotopic (exact) mass is 256 g/mol. The van der Waals surface area contributed by atoms with Crippen molar-refractivity contribution < 1.29 is 19.4 Å². The Morgan fingerprint density at radius 2 is 2.17 bits per heavy atom. The van der Waals surface area contributed by atoms with Gasteiger partial charge in [-0.25, -0.2) is 9.59 Å². The molecule has 1 saturated carbocycles. The van der Waals surface area contributed by atoms with E-state index in [4.69, 9.17) is 9.84 Å². The fourth-order valence-electron chi connectivity index (χ4n) is 2.33. The summed E-state index contributed by atoms with van der Waals surface area (Å²) in [4.78, 5) is 24.3. The van der Waals surface area contributed by atoms with E-state index in [1.807, 2.05) is 6.92 Å². The number of hydrogen-bond donors (Lipinski definition) is 2. The lowest BCUT2D eigenvalue weighted by Crippen LogP contribution is -2.54. The van der Waals surface area contributed by atoms with Gasteiger partial charge in [0, 0.05) is 12.6 Å². The van der Waals surface area contributed by atoms with Crippen LogP contribution in [0.1, 0.15) is 26.2 Å². The van der Waals surface area contributed by atoms with Gasteiger partial charge in [0.1, 0.15) is 0 Å². The first-order valence-electron chi connectivity index (χ1n) is 6.48. The Hall–Kier alpha value is -1.30. The van der Waals surface area contributed by atoms with Crippen molar-refractivity contribution in [1.29, 1.82) is 0 Å². The van der Waals surface area contributed by atoms with Crippen LogP contribution in [0.4, 0.5) is 4.79 Å². The van der Waals surface area contributed by atoms with Gasteiger partial charge in [0.15, 0.2) is 6.10 Å². The number of amides is 2. The van der Waals surface area contributed by atoms with Gasteiger partial charge >= 0.3 is 12.0 Å². The van der Waals surface area contributed by atoms with Crippen LogP contribution in [-0.2, 0) is 9.53 Å². The Morgan fingerprint density at radius 1 is 1.44 bits per heavy atom. The molecule has 1 aliphatic heterocycles. The van der Waals surface area contributed by atoms with Crippen molar-refractivity contribution in [2.45, 2.75) is 38.3 Å². The van der Waals surface area contributed by atoms with E-state index in [0.717, 1.165) is 0 Å². The summed E-state index contributed by atoms with van der Waals surface area (Å²) >= 11 is 0. The predicted octanol–water partition coefficient (Wildman–Crippen LogP) is 0.670. The highest BCUT2D eigenvalue weighted by atomic mass is 16.5. The summed E-state index contributed by atoms with van der Waals surface area (Å²) in [6, 6.07) is -0.0127. The van der Waals surface area contributed by atoms with Gasteiger partial charge < -0.3 is 20.1 Å². The number of carboxylic acids is 1. The van der Waals surface area contributed by atoms with Gasteiger partial charge in [-0.3, -0.25) is 0 Å². The molecule has 18 heavy (non-hydrogen) atoms. The molecule has 6 heteroatoms. The number of rotatable bonds is 3. The van der Waals surface area contributed by atoms with Crippen molar-refractivity contribution in [3.05, 3.63) is 0 Å². The zero-order valence-corrected chi connectivity index (χ0v) is 10.6. The molecule has 1 saturated heterocycles. The number of urea groups is 1. The number of aliphatic carboxylic acids is 1. The number of carbonyl (C=O) groups is 2. The minimum atomic E-state index is -1.01. The third-order valence-corrected chi connectivity index (χ3v) is 3.84. The topological polar surface area (TPSA) is 78.9 Å². The fourth-order valence-corrected chi connectivity index (χ4v) is 2.33. The van der Waals surface area contributed by atoms with Crippen LogP contribution in [0.5, 0.6) is 0 Å². The van der Waals surface area contributed by atoms with Gasteiger partial charge in [-0.1, -0.05) is 6.42 Å². The van der Waals surface area contributed by atoms with Crippen LogP contribution in [0.2, 0.25) is 0 Å². The standard InChI is InChI=1S/C12H20N2O4/c1-8(9-3-2-4-9)13-12(17)14-5-6-18-10(7-14)11(15)16/h8-10H,2-7H2,1H3,(H,13,17)(H,15,16). The molecule has 2 fully saturated rings. The van der Waals surface area contributed by atoms with E-state index in [0.29, 0.717) is 12.5 Å². The Labute approximate surface area is 106 Å². The summed E-state index contributed by atoms with van der Waals surface area (Å²) in [5.74, 6) is -0.440. The maximum Gasteiger partial charge on any atom is 0.334 e. The molecule has 102 valence electrons. The Bertz CT molecular complexity index is 330. The number of hydrogen-bond acceptors (Lipinski definition) is 3. The molecular weight excluding hydrogens is 236 g/mol. The Balaban J connectivity index is 1.82. The van der Waals surface area contributed by atoms with E-state index in [2.05, 4.69) is 5.32 Å². The van der Waals surface area contributed by atoms with Gasteiger partial charge in [0.05, 0.1) is 13.2 Å². The lowest BCUT2D eigenvalue weighted by molar-refractivity contribution is -0.154. The van der Waals surface area contributed by atoms with E-state index in [1.54, 1.807) is 0 Å². The summed E-state index contributed by atoms with van der Waals surface area (Å²) in [5, 5.41) is 11.8. The van der Waals surface area contributed by atoms with E-state index in [9.17, 15) is 9.59 Å². The highest BCUT2D eigenvalue weighted by Crippen LogP contribution is 2.29. The zero-order chi connectivity index (χ0) is 13.1. The second-order valence-corrected chi connectivity index (χ2v) is 5.07. The van der Waals surface area contributed by atoms with Crippen molar-refractivity contribution in [1.82, 2.24) is 10.2 Å². The molecule has 1 aliphatic carbocycles. The number of nitrogens with one attached hydrogen (secondary N) is 1. The van der Waals surface area contributed by atoms with E-state index in [-0.39, 0.29) is 25.2 Å². The minimum Gasteiger partial charge on any atom is -0.479 e. The van der Waals surface area contributed by atoms with Crippen molar-refractivity contribution in [3.63, 3.8) is 0 Å². The first-order valence-corrected chi connectivity index (χ1v) is 6.48. The highest BCUT2D eigenvalue weighted by molar-refractivity contribution is 5.77. The van der Waals surface area contributed by atoms with E-state index >= 15 is 0 Å². The smallest absolute Gasteiger partial charge is 0.334 e. The van der Waals surface area contributed by atoms with Crippen LogP contribution in [0.15, 0.2) is 0 Å². The summed E-state index contributed by atoms with van der Waals surface area (Å²) in [6.45, 7) is 2.87. The predicted molar refractivity (Wildman–Crippen MR) is 64.3 cm³/mol. The Morgan fingerprint density at radius 3 is 2.72 bits per heavy atom. The number of carboxylic acid groups (broad SMARTS) is 1. The zero-order valence-electron chi connectivity index (χ0n) is 10.6. The summed E-state index contributed by atoms with van der Waals surface area (Å²) < 4.78 is 5.08. The molecule has 0 bridgehead atoms. The first kappa shape index (κ1) is 13.1. The van der Waals surface area contributed by atoms with E-state index in [1.165, 1.54) is 24.2 Å². The third kappa shape index (κ3) is 2.93. The first-order chi connectivity index (χ1) is 8.58. The highest BCUT2D eigenvalue weighted by Gasteiger charge is 2.31. The molecule has 2 amide bonds. The molecule has 2 aliphatic rings. The molecule has 2 atom stereocenters. The van der Waals surface area contributed by atoms with Crippen molar-refractivity contribution in [2.75, 3.05) is 19.7 Å². The van der Waals surface area contributed by atoms with Crippen LogP contribution in [0.25, 0.3) is 0 Å². The van der Waals surface area contributed by atoms with Crippen LogP contribution < -0.4 is 5.32 Å². The number of ether oxygens (including phenoxy) is 1. The van der Waals surface area contributed by atoms with Crippen molar-refractivity contribution in [3.8, 4) is 0 Å². The Kier molecular flexibility index (Phi) is 4.06. The molecule has 2 rings (SSSR count). The van der Waals surface area contributed by atoms with Gasteiger partial charge in [-0.05, 0) is 25.7 Å². The molecule has 0 aromatic rings. The normalized spacial score (nSPS) is 26.3. The average molecular weight is 256 g/mol. The lowest BCUT2D eigenvalue weighted by atomic mass is 9.80. The molecule has 1 heterocycles. The van der Waals surface area contributed by atoms with Crippen molar-refractivity contribution in [2.24, 2.45) is 5.92 Å². The van der Waals surface area contributed by atoms with Crippen molar-refractivity contribution >= 4 is 12.0 Å². The second kappa shape index (κ2) is 5.56. The third-order valence-electron chi connectivity index (χ3n) is 3.84. The SMILES string of the molecule is CC(NC(=O)N1CCOC(C(=O)O)C1)C1CCC1. The molecule has 0 radical (unpaired) electrons. The van der Waals surface area contributed by atoms with Crippen LogP contribution in [-0.4, -0.2) is 53.8 Å². The molecule has 0 aromatic carbocycles. The van der Waals surface area contributed by atoms with Crippen LogP contribution in [0.3, 0.4) is 0 Å². The number of nitrogens with zero attached hydrogens (tertiary/aromatic N) is 1. The maximum atomic E-state index is 12.0. The summed E-state index contributed by atoms with van der Waals surface area (Å²) in [5.41, 5.74) is 0. The number of carbonyl (C=O) groups excluding carboxylic acids is 1. The van der Waals surface area contributed by atoms with Gasteiger partial charge in [0.2, 0.25) is 0 Å². The molecule has 2 N–H and O–H groups in total. The van der Waals surface area contributed by atoms with Crippen LogP contribution >= 0.6 is 0 Å². The summed E-state index contributed by atoms with van der Waals surface area (Å²) in [7, 11) is 0. The quantitative estimate of drug-likeness (QED) is 0.778. The van der Waals surface area contributed by atoms with Gasteiger partial charge in [-0.2, -0.15) is 0 Å². The van der Waals surface area contributed by atoms with Gasteiger partial charge in [-0.15, -0.1) is 0 Å².